The third-order valence-electron chi connectivity index (χ3n) is 3.35. The molecule has 17 heavy (non-hydrogen) atoms. The largest absolute Gasteiger partial charge is 0.261 e. The number of fused-ring (bicyclic) bond motifs is 1. The summed E-state index contributed by atoms with van der Waals surface area (Å²) in [6.45, 7) is 6.15. The van der Waals surface area contributed by atoms with Crippen LogP contribution in [0.25, 0.3) is 10.9 Å². The van der Waals surface area contributed by atoms with Crippen LogP contribution in [-0.2, 0) is 5.41 Å². The van der Waals surface area contributed by atoms with E-state index in [1.807, 2.05) is 16.9 Å². The maximum absolute atomic E-state index is 14.1. The molecule has 1 aromatic heterocycles. The first-order chi connectivity index (χ1) is 7.98. The average Bonchev–Trinajstić information content (AvgIpc) is 2.97. The topological polar surface area (TPSA) is 17.8 Å². The van der Waals surface area contributed by atoms with E-state index < -0.39 is 0 Å². The van der Waals surface area contributed by atoms with Crippen LogP contribution in [0.15, 0.2) is 18.3 Å². The van der Waals surface area contributed by atoms with E-state index in [1.165, 1.54) is 0 Å². The molecule has 0 N–H and O–H groups in total. The zero-order valence-corrected chi connectivity index (χ0v) is 10.5. The molecule has 2 nitrogen and oxygen atoms in total. The molecule has 3 heteroatoms. The van der Waals surface area contributed by atoms with Gasteiger partial charge in [0, 0.05) is 10.9 Å². The predicted molar refractivity (Wildman–Crippen MR) is 66.7 cm³/mol. The van der Waals surface area contributed by atoms with Gasteiger partial charge in [-0.15, -0.1) is 0 Å². The van der Waals surface area contributed by atoms with Crippen molar-refractivity contribution in [2.24, 2.45) is 0 Å². The third-order valence-corrected chi connectivity index (χ3v) is 3.35. The number of halogens is 1. The number of aromatic nitrogens is 2. The molecule has 1 saturated carbocycles. The SMILES string of the molecule is CC(C)(C)c1c(F)ccc2cnn(C3CC3)c12. The van der Waals surface area contributed by atoms with Crippen molar-refractivity contribution in [3.63, 3.8) is 0 Å². The molecular weight excluding hydrogens is 215 g/mol. The molecule has 0 amide bonds. The van der Waals surface area contributed by atoms with Crippen LogP contribution in [0.5, 0.6) is 0 Å². The van der Waals surface area contributed by atoms with Crippen LogP contribution in [0.2, 0.25) is 0 Å². The monoisotopic (exact) mass is 232 g/mol. The van der Waals surface area contributed by atoms with E-state index in [0.717, 1.165) is 29.3 Å². The second-order valence-electron chi connectivity index (χ2n) is 5.93. The molecule has 0 bridgehead atoms. The lowest BCUT2D eigenvalue weighted by Crippen LogP contribution is -2.16. The Hall–Kier alpha value is -1.38. The van der Waals surface area contributed by atoms with Crippen molar-refractivity contribution in [3.8, 4) is 0 Å². The number of hydrogen-bond donors (Lipinski definition) is 0. The molecular formula is C14H17FN2. The summed E-state index contributed by atoms with van der Waals surface area (Å²) < 4.78 is 16.1. The number of rotatable bonds is 1. The third kappa shape index (κ3) is 1.65. The van der Waals surface area contributed by atoms with Gasteiger partial charge < -0.3 is 0 Å². The van der Waals surface area contributed by atoms with Gasteiger partial charge in [0.2, 0.25) is 0 Å². The van der Waals surface area contributed by atoms with Gasteiger partial charge in [-0.1, -0.05) is 20.8 Å². The average molecular weight is 232 g/mol. The van der Waals surface area contributed by atoms with Crippen molar-refractivity contribution >= 4 is 10.9 Å². The van der Waals surface area contributed by atoms with E-state index in [-0.39, 0.29) is 11.2 Å². The van der Waals surface area contributed by atoms with Crippen LogP contribution >= 0.6 is 0 Å². The molecule has 1 aliphatic carbocycles. The van der Waals surface area contributed by atoms with E-state index in [9.17, 15) is 4.39 Å². The Morgan fingerprint density at radius 3 is 2.59 bits per heavy atom. The summed E-state index contributed by atoms with van der Waals surface area (Å²) >= 11 is 0. The number of benzene rings is 1. The van der Waals surface area contributed by atoms with Crippen molar-refractivity contribution in [1.29, 1.82) is 0 Å². The van der Waals surface area contributed by atoms with Crippen molar-refractivity contribution in [2.45, 2.75) is 45.1 Å². The first-order valence-electron chi connectivity index (χ1n) is 6.14. The maximum atomic E-state index is 14.1. The fourth-order valence-corrected chi connectivity index (χ4v) is 2.43. The second kappa shape index (κ2) is 3.31. The van der Waals surface area contributed by atoms with Gasteiger partial charge in [0.15, 0.2) is 0 Å². The fourth-order valence-electron chi connectivity index (χ4n) is 2.43. The normalized spacial score (nSPS) is 16.7. The van der Waals surface area contributed by atoms with Crippen molar-refractivity contribution in [2.75, 3.05) is 0 Å². The molecule has 2 aromatic rings. The standard InChI is InChI=1S/C14H17FN2/c1-14(2,3)12-11(15)7-4-9-8-16-17(13(9)12)10-5-6-10/h4,7-8,10H,5-6H2,1-3H3. The Bertz CT molecular complexity index is 574. The molecule has 0 atom stereocenters. The number of hydrogen-bond acceptors (Lipinski definition) is 1. The van der Waals surface area contributed by atoms with Crippen molar-refractivity contribution in [1.82, 2.24) is 9.78 Å². The van der Waals surface area contributed by atoms with Gasteiger partial charge in [0.25, 0.3) is 0 Å². The summed E-state index contributed by atoms with van der Waals surface area (Å²) in [5, 5.41) is 5.47. The van der Waals surface area contributed by atoms with Crippen molar-refractivity contribution in [3.05, 3.63) is 29.7 Å². The van der Waals surface area contributed by atoms with Crippen molar-refractivity contribution < 1.29 is 4.39 Å². The summed E-state index contributed by atoms with van der Waals surface area (Å²) in [7, 11) is 0. The van der Waals surface area contributed by atoms with Crippen LogP contribution in [-0.4, -0.2) is 9.78 Å². The smallest absolute Gasteiger partial charge is 0.129 e. The summed E-state index contributed by atoms with van der Waals surface area (Å²) in [5.74, 6) is -0.118. The van der Waals surface area contributed by atoms with Gasteiger partial charge >= 0.3 is 0 Å². The zero-order valence-electron chi connectivity index (χ0n) is 10.5. The Morgan fingerprint density at radius 1 is 1.29 bits per heavy atom. The quantitative estimate of drug-likeness (QED) is 0.731. The Morgan fingerprint density at radius 2 is 2.00 bits per heavy atom. The fraction of sp³-hybridized carbons (Fsp3) is 0.500. The van der Waals surface area contributed by atoms with Gasteiger partial charge in [-0.2, -0.15) is 5.10 Å². The highest BCUT2D eigenvalue weighted by Gasteiger charge is 2.30. The minimum atomic E-state index is -0.198. The summed E-state index contributed by atoms with van der Waals surface area (Å²) in [4.78, 5) is 0. The van der Waals surface area contributed by atoms with Crippen LogP contribution in [0, 0.1) is 5.82 Å². The molecule has 0 spiro atoms. The highest BCUT2D eigenvalue weighted by atomic mass is 19.1. The lowest BCUT2D eigenvalue weighted by atomic mass is 9.85. The first kappa shape index (κ1) is 10.8. The lowest BCUT2D eigenvalue weighted by molar-refractivity contribution is 0.522. The maximum Gasteiger partial charge on any atom is 0.129 e. The van der Waals surface area contributed by atoms with Gasteiger partial charge in [-0.05, 0) is 30.4 Å². The highest BCUT2D eigenvalue weighted by Crippen LogP contribution is 2.40. The number of nitrogens with zero attached hydrogens (tertiary/aromatic N) is 2. The van der Waals surface area contributed by atoms with Gasteiger partial charge in [0.05, 0.1) is 17.8 Å². The summed E-state index contributed by atoms with van der Waals surface area (Å²) in [6, 6.07) is 3.86. The molecule has 1 fully saturated rings. The minimum absolute atomic E-state index is 0.118. The van der Waals surface area contributed by atoms with Crippen LogP contribution in [0.4, 0.5) is 4.39 Å². The molecule has 1 aromatic carbocycles. The van der Waals surface area contributed by atoms with E-state index in [0.29, 0.717) is 6.04 Å². The molecule has 1 heterocycles. The molecule has 3 rings (SSSR count). The summed E-state index contributed by atoms with van der Waals surface area (Å²) in [5.41, 5.74) is 1.58. The molecule has 1 aliphatic rings. The predicted octanol–water partition coefficient (Wildman–Crippen LogP) is 3.81. The van der Waals surface area contributed by atoms with Crippen LogP contribution < -0.4 is 0 Å². The van der Waals surface area contributed by atoms with Gasteiger partial charge in [0.1, 0.15) is 5.82 Å². The highest BCUT2D eigenvalue weighted by molar-refractivity contribution is 5.83. The van der Waals surface area contributed by atoms with E-state index in [2.05, 4.69) is 25.9 Å². The molecule has 0 aliphatic heterocycles. The minimum Gasteiger partial charge on any atom is -0.261 e. The van der Waals surface area contributed by atoms with E-state index in [4.69, 9.17) is 0 Å². The lowest BCUT2D eigenvalue weighted by Gasteiger charge is -2.22. The van der Waals surface area contributed by atoms with Crippen LogP contribution in [0.1, 0.15) is 45.2 Å². The first-order valence-corrected chi connectivity index (χ1v) is 6.14. The molecule has 0 saturated heterocycles. The molecule has 0 radical (unpaired) electrons. The second-order valence-corrected chi connectivity index (χ2v) is 5.93. The van der Waals surface area contributed by atoms with Gasteiger partial charge in [-0.3, -0.25) is 4.68 Å². The zero-order chi connectivity index (χ0) is 12.2. The molecule has 90 valence electrons. The van der Waals surface area contributed by atoms with E-state index >= 15 is 0 Å². The Balaban J connectivity index is 2.36. The van der Waals surface area contributed by atoms with Gasteiger partial charge in [-0.25, -0.2) is 4.39 Å². The Kier molecular flexibility index (Phi) is 2.09. The Labute approximate surface area is 100 Å². The summed E-state index contributed by atoms with van der Waals surface area (Å²) in [6.07, 6.45) is 4.18. The van der Waals surface area contributed by atoms with Crippen LogP contribution in [0.3, 0.4) is 0 Å². The van der Waals surface area contributed by atoms with E-state index in [1.54, 1.807) is 6.07 Å². The molecule has 0 unspecified atom stereocenters.